The van der Waals surface area contributed by atoms with Gasteiger partial charge in [0.15, 0.2) is 6.61 Å². The number of carbonyl (C=O) groups excluding carboxylic acids is 1. The summed E-state index contributed by atoms with van der Waals surface area (Å²) in [6.07, 6.45) is 0. The van der Waals surface area contributed by atoms with E-state index < -0.39 is 0 Å². The van der Waals surface area contributed by atoms with E-state index in [4.69, 9.17) is 9.15 Å². The van der Waals surface area contributed by atoms with Crippen molar-refractivity contribution < 1.29 is 13.9 Å². The Hall–Kier alpha value is -3.32. The highest BCUT2D eigenvalue weighted by molar-refractivity contribution is 7.99. The summed E-state index contributed by atoms with van der Waals surface area (Å²) < 4.78 is 11.6. The molecule has 3 aromatic carbocycles. The number of hydrogen-bond acceptors (Lipinski definition) is 6. The largest absolute Gasteiger partial charge is 0.484 e. The molecule has 0 saturated carbocycles. The second kappa shape index (κ2) is 9.87. The molecule has 32 heavy (non-hydrogen) atoms. The molecule has 0 aliphatic heterocycles. The van der Waals surface area contributed by atoms with Crippen LogP contribution in [-0.2, 0) is 11.4 Å². The molecule has 6 nitrogen and oxygen atoms in total. The SMILES string of the molecule is Cc1ccc(C(C)C)c(OCc2nnc(SCC(=O)Nc3ccc4ccccc4c3)o2)c1. The smallest absolute Gasteiger partial charge is 0.277 e. The van der Waals surface area contributed by atoms with Gasteiger partial charge in [-0.1, -0.05) is 68.1 Å². The van der Waals surface area contributed by atoms with Crippen LogP contribution in [0.25, 0.3) is 10.8 Å². The molecule has 0 unspecified atom stereocenters. The number of aryl methyl sites for hydroxylation is 1. The van der Waals surface area contributed by atoms with Gasteiger partial charge in [-0.15, -0.1) is 10.2 Å². The van der Waals surface area contributed by atoms with Gasteiger partial charge >= 0.3 is 0 Å². The summed E-state index contributed by atoms with van der Waals surface area (Å²) in [6.45, 7) is 6.46. The molecule has 164 valence electrons. The van der Waals surface area contributed by atoms with Gasteiger partial charge in [0.05, 0.1) is 5.75 Å². The molecule has 0 atom stereocenters. The maximum atomic E-state index is 12.3. The fourth-order valence-electron chi connectivity index (χ4n) is 3.33. The summed E-state index contributed by atoms with van der Waals surface area (Å²) in [5, 5.41) is 13.5. The lowest BCUT2D eigenvalue weighted by molar-refractivity contribution is -0.113. The second-order valence-electron chi connectivity index (χ2n) is 7.85. The molecule has 0 fully saturated rings. The molecule has 0 aliphatic rings. The minimum Gasteiger partial charge on any atom is -0.484 e. The minimum atomic E-state index is -0.136. The van der Waals surface area contributed by atoms with Crippen LogP contribution in [0.1, 0.15) is 36.8 Å². The third-order valence-corrected chi connectivity index (χ3v) is 5.77. The number of nitrogens with one attached hydrogen (secondary N) is 1. The van der Waals surface area contributed by atoms with Crippen LogP contribution in [0.2, 0.25) is 0 Å². The van der Waals surface area contributed by atoms with Crippen LogP contribution in [0, 0.1) is 6.92 Å². The number of ether oxygens (including phenoxy) is 1. The summed E-state index contributed by atoms with van der Waals surface area (Å²) in [4.78, 5) is 12.3. The molecule has 0 spiro atoms. The zero-order valence-electron chi connectivity index (χ0n) is 18.3. The Morgan fingerprint density at radius 1 is 1.06 bits per heavy atom. The Bertz CT molecular complexity index is 1240. The van der Waals surface area contributed by atoms with E-state index in [0.29, 0.717) is 17.0 Å². The topological polar surface area (TPSA) is 77.2 Å². The Balaban J connectivity index is 1.30. The van der Waals surface area contributed by atoms with Crippen molar-refractivity contribution >= 4 is 34.1 Å². The van der Waals surface area contributed by atoms with Crippen LogP contribution < -0.4 is 10.1 Å². The first kappa shape index (κ1) is 21.9. The number of hydrogen-bond donors (Lipinski definition) is 1. The molecule has 7 heteroatoms. The van der Waals surface area contributed by atoms with Crippen LogP contribution >= 0.6 is 11.8 Å². The van der Waals surface area contributed by atoms with Gasteiger partial charge in [-0.2, -0.15) is 0 Å². The highest BCUT2D eigenvalue weighted by Crippen LogP contribution is 2.28. The first-order chi connectivity index (χ1) is 15.5. The number of thioether (sulfide) groups is 1. The van der Waals surface area contributed by atoms with Crippen molar-refractivity contribution in [2.75, 3.05) is 11.1 Å². The Morgan fingerprint density at radius 3 is 2.69 bits per heavy atom. The van der Waals surface area contributed by atoms with Crippen molar-refractivity contribution in [1.82, 2.24) is 10.2 Å². The molecule has 0 saturated heterocycles. The zero-order valence-corrected chi connectivity index (χ0v) is 19.1. The number of aromatic nitrogens is 2. The number of nitrogens with zero attached hydrogens (tertiary/aromatic N) is 2. The van der Waals surface area contributed by atoms with Gasteiger partial charge in [0.2, 0.25) is 5.91 Å². The molecule has 1 N–H and O–H groups in total. The number of fused-ring (bicyclic) bond motifs is 1. The molecule has 4 aromatic rings. The van der Waals surface area contributed by atoms with Crippen LogP contribution in [-0.4, -0.2) is 21.9 Å². The van der Waals surface area contributed by atoms with E-state index in [9.17, 15) is 4.79 Å². The van der Waals surface area contributed by atoms with E-state index in [0.717, 1.165) is 33.3 Å². The third-order valence-electron chi connectivity index (χ3n) is 4.95. The van der Waals surface area contributed by atoms with Crippen LogP contribution in [0.3, 0.4) is 0 Å². The monoisotopic (exact) mass is 447 g/mol. The predicted molar refractivity (Wildman–Crippen MR) is 127 cm³/mol. The standard InChI is InChI=1S/C25H25N3O3S/c1-16(2)21-11-8-17(3)12-22(21)30-14-24-27-28-25(31-24)32-15-23(29)26-20-10-9-18-6-4-5-7-19(18)13-20/h4-13,16H,14-15H2,1-3H3,(H,26,29). The summed E-state index contributed by atoms with van der Waals surface area (Å²) in [7, 11) is 0. The molecule has 0 radical (unpaired) electrons. The molecular formula is C25H25N3O3S. The number of amides is 1. The molecule has 1 heterocycles. The van der Waals surface area contributed by atoms with Gasteiger partial charge in [-0.25, -0.2) is 0 Å². The average Bonchev–Trinajstić information content (AvgIpc) is 3.24. The lowest BCUT2D eigenvalue weighted by Crippen LogP contribution is -2.13. The van der Waals surface area contributed by atoms with E-state index in [1.165, 1.54) is 11.8 Å². The van der Waals surface area contributed by atoms with Crippen LogP contribution in [0.15, 0.2) is 70.3 Å². The Labute approximate surface area is 191 Å². The van der Waals surface area contributed by atoms with Gasteiger partial charge in [-0.3, -0.25) is 4.79 Å². The quantitative estimate of drug-likeness (QED) is 0.336. The van der Waals surface area contributed by atoms with E-state index in [1.54, 1.807) is 0 Å². The highest BCUT2D eigenvalue weighted by Gasteiger charge is 2.13. The fraction of sp³-hybridized carbons (Fsp3) is 0.240. The van der Waals surface area contributed by atoms with Crippen molar-refractivity contribution in [2.45, 2.75) is 38.5 Å². The van der Waals surface area contributed by atoms with Gasteiger partial charge in [0.1, 0.15) is 5.75 Å². The van der Waals surface area contributed by atoms with Crippen molar-refractivity contribution in [3.63, 3.8) is 0 Å². The second-order valence-corrected chi connectivity index (χ2v) is 8.77. The first-order valence-corrected chi connectivity index (χ1v) is 11.4. The van der Waals surface area contributed by atoms with Crippen molar-refractivity contribution in [1.29, 1.82) is 0 Å². The van der Waals surface area contributed by atoms with E-state index in [2.05, 4.69) is 41.5 Å². The molecule has 4 rings (SSSR count). The zero-order chi connectivity index (χ0) is 22.5. The minimum absolute atomic E-state index is 0.136. The maximum absolute atomic E-state index is 12.3. The van der Waals surface area contributed by atoms with Crippen LogP contribution in [0.5, 0.6) is 5.75 Å². The summed E-state index contributed by atoms with van der Waals surface area (Å²) in [5.74, 6) is 1.58. The Kier molecular flexibility index (Phi) is 6.75. The van der Waals surface area contributed by atoms with E-state index in [-0.39, 0.29) is 18.3 Å². The van der Waals surface area contributed by atoms with Gasteiger partial charge in [0.25, 0.3) is 11.1 Å². The Morgan fingerprint density at radius 2 is 1.88 bits per heavy atom. The normalized spacial score (nSPS) is 11.1. The van der Waals surface area contributed by atoms with E-state index in [1.807, 2.05) is 55.5 Å². The van der Waals surface area contributed by atoms with Gasteiger partial charge < -0.3 is 14.5 Å². The van der Waals surface area contributed by atoms with Crippen molar-refractivity contribution in [3.8, 4) is 5.75 Å². The average molecular weight is 448 g/mol. The van der Waals surface area contributed by atoms with Crippen molar-refractivity contribution in [2.24, 2.45) is 0 Å². The van der Waals surface area contributed by atoms with Gasteiger partial charge in [-0.05, 0) is 52.9 Å². The molecule has 1 amide bonds. The fourth-order valence-corrected chi connectivity index (χ4v) is 3.91. The number of benzene rings is 3. The highest BCUT2D eigenvalue weighted by atomic mass is 32.2. The van der Waals surface area contributed by atoms with Crippen LogP contribution in [0.4, 0.5) is 5.69 Å². The number of anilines is 1. The number of carbonyl (C=O) groups is 1. The molecule has 0 aliphatic carbocycles. The molecule has 0 bridgehead atoms. The lowest BCUT2D eigenvalue weighted by Gasteiger charge is -2.13. The lowest BCUT2D eigenvalue weighted by atomic mass is 10.0. The summed E-state index contributed by atoms with van der Waals surface area (Å²) >= 11 is 1.20. The van der Waals surface area contributed by atoms with E-state index >= 15 is 0 Å². The third kappa shape index (κ3) is 5.48. The van der Waals surface area contributed by atoms with Gasteiger partial charge in [0, 0.05) is 5.69 Å². The first-order valence-electron chi connectivity index (χ1n) is 10.4. The number of rotatable bonds is 8. The molecule has 1 aromatic heterocycles. The summed E-state index contributed by atoms with van der Waals surface area (Å²) in [5.41, 5.74) is 3.02. The maximum Gasteiger partial charge on any atom is 0.277 e. The predicted octanol–water partition coefficient (Wildman–Crippen LogP) is 5.96. The van der Waals surface area contributed by atoms with Crippen molar-refractivity contribution in [3.05, 3.63) is 77.7 Å². The molecular weight excluding hydrogens is 422 g/mol. The summed E-state index contributed by atoms with van der Waals surface area (Å²) in [6, 6.07) is 20.0.